The number of anilines is 1. The van der Waals surface area contributed by atoms with Crippen LogP contribution in [0.2, 0.25) is 0 Å². The first-order valence-corrected chi connectivity index (χ1v) is 8.79. The van der Waals surface area contributed by atoms with E-state index >= 15 is 0 Å². The summed E-state index contributed by atoms with van der Waals surface area (Å²) in [5.41, 5.74) is 6.34. The number of amides is 1. The van der Waals surface area contributed by atoms with Crippen molar-refractivity contribution in [2.45, 2.75) is 20.8 Å². The molecule has 2 aromatic carbocycles. The fraction of sp³-hybridized carbons (Fsp3) is 0.263. The first-order valence-electron chi connectivity index (χ1n) is 7.99. The zero-order chi connectivity index (χ0) is 17.5. The SMILES string of the molecule is CCN(CC)c1ccc(/C=N/NC(=O)c2ccc(C)c(Br)c2)cc1. The molecule has 0 saturated carbocycles. The highest BCUT2D eigenvalue weighted by Crippen LogP contribution is 2.17. The fourth-order valence-corrected chi connectivity index (χ4v) is 2.70. The normalized spacial score (nSPS) is 10.8. The van der Waals surface area contributed by atoms with Crippen LogP contribution >= 0.6 is 15.9 Å². The molecule has 5 heteroatoms. The summed E-state index contributed by atoms with van der Waals surface area (Å²) in [4.78, 5) is 14.3. The van der Waals surface area contributed by atoms with Gasteiger partial charge in [0, 0.05) is 28.8 Å². The predicted octanol–water partition coefficient (Wildman–Crippen LogP) is 4.37. The molecule has 0 saturated heterocycles. The zero-order valence-electron chi connectivity index (χ0n) is 14.2. The molecular formula is C19H22BrN3O. The lowest BCUT2D eigenvalue weighted by atomic mass is 10.1. The smallest absolute Gasteiger partial charge is 0.271 e. The number of hydrazone groups is 1. The molecular weight excluding hydrogens is 366 g/mol. The van der Waals surface area contributed by atoms with Gasteiger partial charge < -0.3 is 4.90 Å². The molecule has 24 heavy (non-hydrogen) atoms. The Morgan fingerprint density at radius 1 is 1.17 bits per heavy atom. The van der Waals surface area contributed by atoms with Gasteiger partial charge in [-0.3, -0.25) is 4.79 Å². The third-order valence-corrected chi connectivity index (χ3v) is 4.69. The van der Waals surface area contributed by atoms with E-state index in [0.717, 1.165) is 28.7 Å². The molecule has 4 nitrogen and oxygen atoms in total. The molecule has 0 aliphatic heterocycles. The maximum atomic E-state index is 12.1. The number of carbonyl (C=O) groups excluding carboxylic acids is 1. The van der Waals surface area contributed by atoms with E-state index < -0.39 is 0 Å². The Balaban J connectivity index is 1.98. The Morgan fingerprint density at radius 2 is 1.83 bits per heavy atom. The van der Waals surface area contributed by atoms with Gasteiger partial charge in [0.15, 0.2) is 0 Å². The van der Waals surface area contributed by atoms with Crippen molar-refractivity contribution in [1.29, 1.82) is 0 Å². The molecule has 0 fully saturated rings. The maximum absolute atomic E-state index is 12.1. The van der Waals surface area contributed by atoms with E-state index in [9.17, 15) is 4.79 Å². The van der Waals surface area contributed by atoms with E-state index in [1.165, 1.54) is 5.69 Å². The molecule has 0 aliphatic rings. The fourth-order valence-electron chi connectivity index (χ4n) is 2.32. The molecule has 2 rings (SSSR count). The second-order valence-corrected chi connectivity index (χ2v) is 6.28. The quantitative estimate of drug-likeness (QED) is 0.590. The van der Waals surface area contributed by atoms with Crippen molar-refractivity contribution in [2.75, 3.05) is 18.0 Å². The minimum absolute atomic E-state index is 0.230. The number of nitrogens with one attached hydrogen (secondary N) is 1. The summed E-state index contributed by atoms with van der Waals surface area (Å²) in [7, 11) is 0. The van der Waals surface area contributed by atoms with Gasteiger partial charge in [-0.25, -0.2) is 5.43 Å². The number of hydrogen-bond donors (Lipinski definition) is 1. The van der Waals surface area contributed by atoms with Gasteiger partial charge in [0.2, 0.25) is 0 Å². The molecule has 0 radical (unpaired) electrons. The van der Waals surface area contributed by atoms with Crippen LogP contribution in [0.5, 0.6) is 0 Å². The van der Waals surface area contributed by atoms with Crippen LogP contribution in [0.3, 0.4) is 0 Å². The standard InChI is InChI=1S/C19H22BrN3O/c1-4-23(5-2)17-10-7-15(8-11-17)13-21-22-19(24)16-9-6-14(3)18(20)12-16/h6-13H,4-5H2,1-3H3,(H,22,24)/b21-13+. The van der Waals surface area contributed by atoms with Gasteiger partial charge in [0.1, 0.15) is 0 Å². The summed E-state index contributed by atoms with van der Waals surface area (Å²) in [5, 5.41) is 4.03. The molecule has 0 aliphatic carbocycles. The number of hydrogen-bond acceptors (Lipinski definition) is 3. The van der Waals surface area contributed by atoms with E-state index in [1.54, 1.807) is 18.3 Å². The number of nitrogens with zero attached hydrogens (tertiary/aromatic N) is 2. The van der Waals surface area contributed by atoms with Gasteiger partial charge in [-0.05, 0) is 56.2 Å². The van der Waals surface area contributed by atoms with E-state index in [1.807, 2.05) is 25.1 Å². The number of benzene rings is 2. The average Bonchev–Trinajstić information content (AvgIpc) is 2.59. The largest absolute Gasteiger partial charge is 0.372 e. The highest BCUT2D eigenvalue weighted by Gasteiger charge is 2.06. The van der Waals surface area contributed by atoms with Gasteiger partial charge in [0.25, 0.3) is 5.91 Å². The molecule has 1 N–H and O–H groups in total. The van der Waals surface area contributed by atoms with Crippen molar-refractivity contribution >= 4 is 33.7 Å². The zero-order valence-corrected chi connectivity index (χ0v) is 15.8. The van der Waals surface area contributed by atoms with Crippen molar-refractivity contribution in [3.63, 3.8) is 0 Å². The summed E-state index contributed by atoms with van der Waals surface area (Å²) in [5.74, 6) is -0.230. The van der Waals surface area contributed by atoms with Crippen LogP contribution in [0, 0.1) is 6.92 Å². The number of halogens is 1. The Kier molecular flexibility index (Phi) is 6.55. The highest BCUT2D eigenvalue weighted by atomic mass is 79.9. The van der Waals surface area contributed by atoms with Crippen LogP contribution in [0.25, 0.3) is 0 Å². The van der Waals surface area contributed by atoms with Gasteiger partial charge in [-0.15, -0.1) is 0 Å². The monoisotopic (exact) mass is 387 g/mol. The first-order chi connectivity index (χ1) is 11.5. The predicted molar refractivity (Wildman–Crippen MR) is 104 cm³/mol. The highest BCUT2D eigenvalue weighted by molar-refractivity contribution is 9.10. The van der Waals surface area contributed by atoms with Crippen molar-refractivity contribution in [3.05, 3.63) is 63.6 Å². The maximum Gasteiger partial charge on any atom is 0.271 e. The summed E-state index contributed by atoms with van der Waals surface area (Å²) in [6.07, 6.45) is 1.65. The lowest BCUT2D eigenvalue weighted by Crippen LogP contribution is -2.21. The minimum atomic E-state index is -0.230. The van der Waals surface area contributed by atoms with E-state index in [4.69, 9.17) is 0 Å². The van der Waals surface area contributed by atoms with Crippen LogP contribution in [-0.4, -0.2) is 25.2 Å². The molecule has 2 aromatic rings. The summed E-state index contributed by atoms with van der Waals surface area (Å²) >= 11 is 3.43. The topological polar surface area (TPSA) is 44.7 Å². The number of carbonyl (C=O) groups is 1. The van der Waals surface area contributed by atoms with Crippen LogP contribution in [0.15, 0.2) is 52.0 Å². The van der Waals surface area contributed by atoms with E-state index in [0.29, 0.717) is 5.56 Å². The molecule has 0 heterocycles. The molecule has 0 aromatic heterocycles. The Morgan fingerprint density at radius 3 is 2.42 bits per heavy atom. The van der Waals surface area contributed by atoms with Gasteiger partial charge >= 0.3 is 0 Å². The molecule has 0 bridgehead atoms. The van der Waals surface area contributed by atoms with Crippen molar-refractivity contribution in [1.82, 2.24) is 5.43 Å². The summed E-state index contributed by atoms with van der Waals surface area (Å²) in [6.45, 7) is 8.21. The average molecular weight is 388 g/mol. The van der Waals surface area contributed by atoms with Crippen LogP contribution in [0.4, 0.5) is 5.69 Å². The van der Waals surface area contributed by atoms with Crippen molar-refractivity contribution < 1.29 is 4.79 Å². The van der Waals surface area contributed by atoms with Crippen LogP contribution in [-0.2, 0) is 0 Å². The second kappa shape index (κ2) is 8.64. The van der Waals surface area contributed by atoms with E-state index in [-0.39, 0.29) is 5.91 Å². The second-order valence-electron chi connectivity index (χ2n) is 5.43. The summed E-state index contributed by atoms with van der Waals surface area (Å²) in [6, 6.07) is 13.6. The lowest BCUT2D eigenvalue weighted by Gasteiger charge is -2.20. The third kappa shape index (κ3) is 4.68. The van der Waals surface area contributed by atoms with Crippen molar-refractivity contribution in [2.24, 2.45) is 5.10 Å². The van der Waals surface area contributed by atoms with Crippen LogP contribution in [0.1, 0.15) is 35.3 Å². The Bertz CT molecular complexity index is 722. The van der Waals surface area contributed by atoms with Gasteiger partial charge in [0.05, 0.1) is 6.21 Å². The lowest BCUT2D eigenvalue weighted by molar-refractivity contribution is 0.0955. The number of aryl methyl sites for hydroxylation is 1. The van der Waals surface area contributed by atoms with Gasteiger partial charge in [-0.2, -0.15) is 5.10 Å². The molecule has 1 amide bonds. The van der Waals surface area contributed by atoms with Crippen molar-refractivity contribution in [3.8, 4) is 0 Å². The minimum Gasteiger partial charge on any atom is -0.372 e. The first kappa shape index (κ1) is 18.2. The molecule has 0 unspecified atom stereocenters. The van der Waals surface area contributed by atoms with E-state index in [2.05, 4.69) is 57.3 Å². The van der Waals surface area contributed by atoms with Crippen LogP contribution < -0.4 is 10.3 Å². The Hall–Kier alpha value is -2.14. The molecule has 0 atom stereocenters. The molecule has 0 spiro atoms. The Labute approximate surface area is 151 Å². The number of rotatable bonds is 6. The third-order valence-electron chi connectivity index (χ3n) is 3.84. The molecule has 126 valence electrons. The van der Waals surface area contributed by atoms with Gasteiger partial charge in [-0.1, -0.05) is 34.1 Å². The summed E-state index contributed by atoms with van der Waals surface area (Å²) < 4.78 is 0.908.